The predicted molar refractivity (Wildman–Crippen MR) is 128 cm³/mol. The number of carbonyl (C=O) groups is 2. The van der Waals surface area contributed by atoms with Crippen LogP contribution in [0.4, 0.5) is 4.79 Å². The van der Waals surface area contributed by atoms with Crippen molar-refractivity contribution in [3.05, 3.63) is 0 Å². The molecule has 0 aromatic carbocycles. The van der Waals surface area contributed by atoms with Gasteiger partial charge in [0.2, 0.25) is 5.91 Å². The summed E-state index contributed by atoms with van der Waals surface area (Å²) in [7, 11) is -4.00. The van der Waals surface area contributed by atoms with Crippen molar-refractivity contribution in [2.75, 3.05) is 13.2 Å². The minimum atomic E-state index is -2.04. The molecule has 2 aliphatic heterocycles. The lowest BCUT2D eigenvalue weighted by Crippen LogP contribution is -2.57. The van der Waals surface area contributed by atoms with Gasteiger partial charge >= 0.3 is 6.03 Å². The fourth-order valence-electron chi connectivity index (χ4n) is 3.24. The van der Waals surface area contributed by atoms with Crippen LogP contribution in [0.3, 0.4) is 0 Å². The Labute approximate surface area is 190 Å². The Morgan fingerprint density at radius 3 is 2.10 bits per heavy atom. The highest BCUT2D eigenvalue weighted by Gasteiger charge is 2.48. The minimum Gasteiger partial charge on any atom is -0.414 e. The molecule has 0 saturated carbocycles. The highest BCUT2D eigenvalue weighted by Crippen LogP contribution is 2.41. The second kappa shape index (κ2) is 8.89. The summed E-state index contributed by atoms with van der Waals surface area (Å²) in [4.78, 5) is 26.0. The van der Waals surface area contributed by atoms with E-state index in [0.29, 0.717) is 19.6 Å². The molecular weight excluding hydrogens is 428 g/mol. The number of hydrogen-bond acceptors (Lipinski definition) is 5. The van der Waals surface area contributed by atoms with Crippen LogP contribution in [0.5, 0.6) is 0 Å². The smallest absolute Gasteiger partial charge is 0.326 e. The number of imide groups is 1. The molecule has 0 bridgehead atoms. The van der Waals surface area contributed by atoms with Crippen molar-refractivity contribution in [1.29, 1.82) is 0 Å². The summed E-state index contributed by atoms with van der Waals surface area (Å²) in [6.07, 6.45) is -0.212. The van der Waals surface area contributed by atoms with E-state index in [1.165, 1.54) is 0 Å². The second-order valence-corrected chi connectivity index (χ2v) is 21.8. The number of ether oxygens (including phenoxy) is 1. The Bertz CT molecular complexity index is 684. The van der Waals surface area contributed by atoms with E-state index in [0.717, 1.165) is 0 Å². The van der Waals surface area contributed by atoms with Gasteiger partial charge in [-0.3, -0.25) is 15.0 Å². The van der Waals surface area contributed by atoms with E-state index in [1.807, 2.05) is 6.92 Å². The van der Waals surface area contributed by atoms with Crippen LogP contribution in [0.25, 0.3) is 0 Å². The molecule has 0 aromatic rings. The van der Waals surface area contributed by atoms with Crippen molar-refractivity contribution >= 4 is 28.6 Å². The Kier molecular flexibility index (Phi) is 7.60. The predicted octanol–water partition coefficient (Wildman–Crippen LogP) is 4.70. The summed E-state index contributed by atoms with van der Waals surface area (Å²) >= 11 is 0. The Hall–Kier alpha value is -0.746. The monoisotopic (exact) mass is 472 g/mol. The first kappa shape index (κ1) is 26.5. The Balaban J connectivity index is 2.21. The van der Waals surface area contributed by atoms with E-state index in [9.17, 15) is 9.59 Å². The van der Waals surface area contributed by atoms with E-state index in [1.54, 1.807) is 4.90 Å². The number of hydrogen-bond donors (Lipinski definition) is 1. The minimum absolute atomic E-state index is 0.0688. The maximum atomic E-state index is 12.5. The van der Waals surface area contributed by atoms with E-state index in [-0.39, 0.29) is 40.1 Å². The lowest BCUT2D eigenvalue weighted by atomic mass is 10.1. The lowest BCUT2D eigenvalue weighted by Gasteiger charge is -2.40. The molecule has 0 spiro atoms. The number of amides is 3. The Morgan fingerprint density at radius 2 is 1.58 bits per heavy atom. The quantitative estimate of drug-likeness (QED) is 0.567. The van der Waals surface area contributed by atoms with Crippen LogP contribution in [0.15, 0.2) is 0 Å². The molecule has 9 heteroatoms. The van der Waals surface area contributed by atoms with E-state index >= 15 is 0 Å². The molecular formula is C22H44N2O5Si2. The van der Waals surface area contributed by atoms with E-state index in [2.05, 4.69) is 73.0 Å². The van der Waals surface area contributed by atoms with Gasteiger partial charge in [-0.1, -0.05) is 48.5 Å². The Morgan fingerprint density at radius 1 is 1.03 bits per heavy atom. The number of nitrogens with one attached hydrogen (secondary N) is 1. The van der Waals surface area contributed by atoms with Gasteiger partial charge in [0.25, 0.3) is 0 Å². The van der Waals surface area contributed by atoms with Gasteiger partial charge in [-0.25, -0.2) is 4.79 Å². The fourth-order valence-corrected chi connectivity index (χ4v) is 5.61. The molecule has 180 valence electrons. The molecule has 0 aromatic heterocycles. The van der Waals surface area contributed by atoms with Crippen LogP contribution >= 0.6 is 0 Å². The summed E-state index contributed by atoms with van der Waals surface area (Å²) in [6, 6.07) is -0.384. The number of carbonyl (C=O) groups excluding carboxylic acids is 2. The van der Waals surface area contributed by atoms with E-state index in [4.69, 9.17) is 13.6 Å². The van der Waals surface area contributed by atoms with Crippen LogP contribution in [-0.2, 0) is 18.4 Å². The average molecular weight is 473 g/mol. The summed E-state index contributed by atoms with van der Waals surface area (Å²) < 4.78 is 19.6. The molecule has 3 amide bonds. The van der Waals surface area contributed by atoms with Gasteiger partial charge in [-0.15, -0.1) is 0 Å². The molecule has 2 heterocycles. The maximum absolute atomic E-state index is 12.5. The molecule has 0 aliphatic carbocycles. The topological polar surface area (TPSA) is 77.1 Å². The third-order valence-corrected chi connectivity index (χ3v) is 16.6. The average Bonchev–Trinajstić information content (AvgIpc) is 2.96. The van der Waals surface area contributed by atoms with Crippen molar-refractivity contribution in [1.82, 2.24) is 10.2 Å². The summed E-state index contributed by atoms with van der Waals surface area (Å²) in [5.41, 5.74) is 0. The number of rotatable bonds is 6. The molecule has 0 unspecified atom stereocenters. The molecule has 2 saturated heterocycles. The molecule has 31 heavy (non-hydrogen) atoms. The first-order chi connectivity index (χ1) is 13.9. The van der Waals surface area contributed by atoms with Crippen LogP contribution < -0.4 is 5.32 Å². The number of nitrogens with zero attached hydrogens (tertiary/aromatic N) is 1. The molecule has 2 aliphatic rings. The third-order valence-electron chi connectivity index (χ3n) is 7.60. The van der Waals surface area contributed by atoms with Crippen LogP contribution in [0, 0.1) is 5.92 Å². The third kappa shape index (κ3) is 5.99. The molecule has 7 nitrogen and oxygen atoms in total. The first-order valence-corrected chi connectivity index (χ1v) is 17.3. The van der Waals surface area contributed by atoms with Crippen LogP contribution in [0.1, 0.15) is 54.9 Å². The molecule has 2 fully saturated rings. The largest absolute Gasteiger partial charge is 0.414 e. The van der Waals surface area contributed by atoms with Crippen LogP contribution in [0.2, 0.25) is 36.3 Å². The van der Waals surface area contributed by atoms with Gasteiger partial charge in [0.15, 0.2) is 16.6 Å². The highest BCUT2D eigenvalue weighted by molar-refractivity contribution is 6.74. The van der Waals surface area contributed by atoms with Crippen molar-refractivity contribution in [3.63, 3.8) is 0 Å². The molecule has 4 atom stereocenters. The van der Waals surface area contributed by atoms with Gasteiger partial charge in [-0.2, -0.15) is 0 Å². The van der Waals surface area contributed by atoms with Gasteiger partial charge in [-0.05, 0) is 36.3 Å². The normalized spacial score (nSPS) is 28.8. The van der Waals surface area contributed by atoms with Crippen molar-refractivity contribution < 1.29 is 23.2 Å². The summed E-state index contributed by atoms with van der Waals surface area (Å²) in [5, 5.41) is 2.62. The number of urea groups is 1. The van der Waals surface area contributed by atoms with Crippen molar-refractivity contribution in [2.24, 2.45) is 5.92 Å². The van der Waals surface area contributed by atoms with Gasteiger partial charge in [0.1, 0.15) is 12.3 Å². The SMILES string of the molecule is C[C@H]1CN([C@H]2C[C@H](O[Si](C)(C)C(C)(C)C)[C@@H](CO[Si](C)(C)C(C)(C)C)O2)C(=O)NC1=O. The summed E-state index contributed by atoms with van der Waals surface area (Å²) in [6.45, 7) is 24.9. The second-order valence-electron chi connectivity index (χ2n) is 12.2. The standard InChI is InChI=1S/C22H44N2O5Si2/c1-15-13-24(20(26)23-19(15)25)18-12-16(29-31(10,11)22(5,6)7)17(28-18)14-27-30(8,9)21(2,3)4/h15-18H,12-14H2,1-11H3,(H,23,25,26)/t15-,16-,17+,18+/m0/s1. The van der Waals surface area contributed by atoms with Gasteiger partial charge in [0, 0.05) is 13.0 Å². The molecule has 0 radical (unpaired) electrons. The van der Waals surface area contributed by atoms with Crippen molar-refractivity contribution in [3.8, 4) is 0 Å². The van der Waals surface area contributed by atoms with Gasteiger partial charge < -0.3 is 13.6 Å². The first-order valence-electron chi connectivity index (χ1n) is 11.4. The summed E-state index contributed by atoms with van der Waals surface area (Å²) in [5.74, 6) is -0.491. The van der Waals surface area contributed by atoms with Crippen LogP contribution in [-0.4, -0.2) is 65.1 Å². The van der Waals surface area contributed by atoms with E-state index < -0.39 is 22.9 Å². The highest BCUT2D eigenvalue weighted by atomic mass is 28.4. The maximum Gasteiger partial charge on any atom is 0.326 e. The fraction of sp³-hybridized carbons (Fsp3) is 0.909. The molecule has 1 N–H and O–H groups in total. The zero-order valence-electron chi connectivity index (χ0n) is 21.4. The zero-order valence-corrected chi connectivity index (χ0v) is 23.4. The zero-order chi connectivity index (χ0) is 24.0. The van der Waals surface area contributed by atoms with Gasteiger partial charge in [0.05, 0.1) is 18.6 Å². The van der Waals surface area contributed by atoms with Crippen molar-refractivity contribution in [2.45, 2.75) is 110 Å². The lowest BCUT2D eigenvalue weighted by molar-refractivity contribution is -0.128. The molecule has 2 rings (SSSR count).